The maximum atomic E-state index is 12.8. The number of nitrogens with one attached hydrogen (secondary N) is 3. The molecular weight excluding hydrogens is 433 g/mol. The molecule has 31 heavy (non-hydrogen) atoms. The Kier molecular flexibility index (Phi) is 5.32. The van der Waals surface area contributed by atoms with E-state index in [2.05, 4.69) is 32.6 Å². The van der Waals surface area contributed by atoms with Crippen molar-refractivity contribution in [2.75, 3.05) is 17.2 Å². The van der Waals surface area contributed by atoms with Crippen molar-refractivity contribution in [3.8, 4) is 0 Å². The summed E-state index contributed by atoms with van der Waals surface area (Å²) in [7, 11) is 0. The third-order valence-corrected chi connectivity index (χ3v) is 4.62. The zero-order valence-corrected chi connectivity index (χ0v) is 16.7. The highest BCUT2D eigenvalue weighted by Crippen LogP contribution is 2.27. The van der Waals surface area contributed by atoms with Crippen molar-refractivity contribution in [3.63, 3.8) is 0 Å². The first-order chi connectivity index (χ1) is 14.7. The van der Waals surface area contributed by atoms with Crippen LogP contribution in [0.2, 0.25) is 5.02 Å². The maximum Gasteiger partial charge on any atom is 0.405 e. The monoisotopic (exact) mass is 448 g/mol. The Morgan fingerprint density at radius 2 is 2.13 bits per heavy atom. The van der Waals surface area contributed by atoms with Crippen LogP contribution in [-0.4, -0.2) is 33.2 Å². The number of alkyl halides is 3. The zero-order valence-electron chi connectivity index (χ0n) is 15.9. The number of halogens is 4. The van der Waals surface area contributed by atoms with Crippen molar-refractivity contribution in [1.29, 1.82) is 0 Å². The van der Waals surface area contributed by atoms with Gasteiger partial charge < -0.3 is 16.0 Å². The molecule has 4 rings (SSSR count). The minimum Gasteiger partial charge on any atom is -0.361 e. The molecule has 2 aromatic heterocycles. The average molecular weight is 449 g/mol. The van der Waals surface area contributed by atoms with Gasteiger partial charge >= 0.3 is 6.18 Å². The Bertz CT molecular complexity index is 1220. The van der Waals surface area contributed by atoms with Gasteiger partial charge in [0.25, 0.3) is 5.91 Å². The van der Waals surface area contributed by atoms with Crippen LogP contribution >= 0.6 is 11.6 Å². The van der Waals surface area contributed by atoms with Crippen molar-refractivity contribution in [1.82, 2.24) is 19.9 Å². The standard InChI is InChI=1S/C20H16ClF3N6O/c1-11-5-12(19(31)27-11)6-13-9-26-30-17(25-10-20(22,23)24)8-16(29-18(13)30)28-15-4-2-3-14(21)7-15/h2-4,6-9,25H,1,5,10H2,(H,27,31)(H,28,29)/b12-6+. The van der Waals surface area contributed by atoms with Gasteiger partial charge in [-0.05, 0) is 24.3 Å². The molecule has 1 fully saturated rings. The zero-order chi connectivity index (χ0) is 22.2. The van der Waals surface area contributed by atoms with Crippen LogP contribution in [0.4, 0.5) is 30.5 Å². The minimum atomic E-state index is -4.42. The molecular formula is C20H16ClF3N6O. The van der Waals surface area contributed by atoms with E-state index in [1.165, 1.54) is 16.8 Å². The Balaban J connectivity index is 1.77. The number of aromatic nitrogens is 3. The molecule has 1 amide bonds. The summed E-state index contributed by atoms with van der Waals surface area (Å²) in [5.41, 5.74) is 2.38. The van der Waals surface area contributed by atoms with Gasteiger partial charge in [-0.1, -0.05) is 24.2 Å². The molecule has 0 atom stereocenters. The maximum absolute atomic E-state index is 12.8. The fraction of sp³-hybridized carbons (Fsp3) is 0.150. The number of carbonyl (C=O) groups is 1. The van der Waals surface area contributed by atoms with Crippen LogP contribution in [0.1, 0.15) is 12.0 Å². The van der Waals surface area contributed by atoms with Gasteiger partial charge in [0.05, 0.1) is 6.20 Å². The van der Waals surface area contributed by atoms with Gasteiger partial charge in [0, 0.05) is 40.0 Å². The molecule has 1 aromatic carbocycles. The van der Waals surface area contributed by atoms with Gasteiger partial charge in [0.1, 0.15) is 18.2 Å². The summed E-state index contributed by atoms with van der Waals surface area (Å²) >= 11 is 6.00. The van der Waals surface area contributed by atoms with E-state index >= 15 is 0 Å². The summed E-state index contributed by atoms with van der Waals surface area (Å²) in [4.78, 5) is 16.5. The topological polar surface area (TPSA) is 83.3 Å². The predicted molar refractivity (Wildman–Crippen MR) is 112 cm³/mol. The summed E-state index contributed by atoms with van der Waals surface area (Å²) in [6, 6.07) is 8.24. The molecule has 1 aliphatic rings. The molecule has 11 heteroatoms. The number of nitrogens with zero attached hydrogens (tertiary/aromatic N) is 3. The van der Waals surface area contributed by atoms with Gasteiger partial charge in [-0.15, -0.1) is 0 Å². The SMILES string of the molecule is C=C1C/C(=C\c2cnn3c(NCC(F)(F)F)cc(Nc4cccc(Cl)c4)nc23)C(=O)N1. The first-order valence-electron chi connectivity index (χ1n) is 9.10. The second kappa shape index (κ2) is 7.95. The Morgan fingerprint density at radius 3 is 2.81 bits per heavy atom. The van der Waals surface area contributed by atoms with Crippen LogP contribution in [0.25, 0.3) is 11.7 Å². The molecule has 1 saturated heterocycles. The number of amides is 1. The highest BCUT2D eigenvalue weighted by atomic mass is 35.5. The lowest BCUT2D eigenvalue weighted by Crippen LogP contribution is -2.22. The quantitative estimate of drug-likeness (QED) is 0.500. The highest BCUT2D eigenvalue weighted by Gasteiger charge is 2.27. The van der Waals surface area contributed by atoms with Gasteiger partial charge in [-0.3, -0.25) is 4.79 Å². The van der Waals surface area contributed by atoms with Crippen molar-refractivity contribution in [2.24, 2.45) is 0 Å². The summed E-state index contributed by atoms with van der Waals surface area (Å²) in [6.07, 6.45) is -1.04. The van der Waals surface area contributed by atoms with Gasteiger partial charge in [-0.25, -0.2) is 4.98 Å². The van der Waals surface area contributed by atoms with Crippen molar-refractivity contribution in [2.45, 2.75) is 12.6 Å². The van der Waals surface area contributed by atoms with E-state index in [9.17, 15) is 18.0 Å². The van der Waals surface area contributed by atoms with Crippen LogP contribution in [0.15, 0.2) is 54.4 Å². The Morgan fingerprint density at radius 1 is 1.32 bits per heavy atom. The molecule has 1 aliphatic heterocycles. The highest BCUT2D eigenvalue weighted by molar-refractivity contribution is 6.30. The fourth-order valence-corrected chi connectivity index (χ4v) is 3.27. The summed E-state index contributed by atoms with van der Waals surface area (Å²) in [6.45, 7) is 2.48. The number of benzene rings is 1. The summed E-state index contributed by atoms with van der Waals surface area (Å²) in [5.74, 6) is 0.0737. The van der Waals surface area contributed by atoms with E-state index in [1.807, 2.05) is 0 Å². The second-order valence-electron chi connectivity index (χ2n) is 6.87. The number of rotatable bonds is 5. The molecule has 0 aliphatic carbocycles. The third-order valence-electron chi connectivity index (χ3n) is 4.38. The lowest BCUT2D eigenvalue weighted by molar-refractivity contribution is -0.116. The molecule has 0 saturated carbocycles. The van der Waals surface area contributed by atoms with Gasteiger partial charge in [-0.2, -0.15) is 22.8 Å². The number of allylic oxidation sites excluding steroid dienone is 1. The number of hydrogen-bond acceptors (Lipinski definition) is 5. The van der Waals surface area contributed by atoms with Crippen LogP contribution in [0.5, 0.6) is 0 Å². The first-order valence-corrected chi connectivity index (χ1v) is 9.47. The fourth-order valence-electron chi connectivity index (χ4n) is 3.08. The lowest BCUT2D eigenvalue weighted by atomic mass is 10.1. The van der Waals surface area contributed by atoms with Crippen LogP contribution in [0.3, 0.4) is 0 Å². The first kappa shape index (κ1) is 20.7. The molecule has 0 bridgehead atoms. The van der Waals surface area contributed by atoms with Crippen molar-refractivity contribution < 1.29 is 18.0 Å². The van der Waals surface area contributed by atoms with Crippen LogP contribution in [0, 0.1) is 0 Å². The smallest absolute Gasteiger partial charge is 0.361 e. The normalized spacial score (nSPS) is 15.5. The molecule has 0 radical (unpaired) electrons. The average Bonchev–Trinajstić information content (AvgIpc) is 3.22. The number of anilines is 3. The second-order valence-corrected chi connectivity index (χ2v) is 7.31. The molecule has 3 aromatic rings. The van der Waals surface area contributed by atoms with E-state index < -0.39 is 12.7 Å². The molecule has 3 N–H and O–H groups in total. The van der Waals surface area contributed by atoms with Gasteiger partial charge in [0.2, 0.25) is 0 Å². The van der Waals surface area contributed by atoms with E-state index in [1.54, 1.807) is 30.3 Å². The largest absolute Gasteiger partial charge is 0.405 e. The molecule has 3 heterocycles. The molecule has 0 unspecified atom stereocenters. The summed E-state index contributed by atoms with van der Waals surface area (Å²) in [5, 5.41) is 12.6. The molecule has 160 valence electrons. The van der Waals surface area contributed by atoms with Crippen molar-refractivity contribution >= 4 is 46.6 Å². The Labute approximate surface area is 179 Å². The molecule has 7 nitrogen and oxygen atoms in total. The van der Waals surface area contributed by atoms with E-state index in [0.29, 0.717) is 34.0 Å². The van der Waals surface area contributed by atoms with Gasteiger partial charge in [0.15, 0.2) is 5.65 Å². The predicted octanol–water partition coefficient (Wildman–Crippen LogP) is 4.52. The lowest BCUT2D eigenvalue weighted by Gasteiger charge is -2.13. The van der Waals surface area contributed by atoms with Crippen molar-refractivity contribution in [3.05, 3.63) is 65.0 Å². The molecule has 0 spiro atoms. The summed E-state index contributed by atoms with van der Waals surface area (Å²) < 4.78 is 39.6. The number of carbonyl (C=O) groups excluding carboxylic acids is 1. The minimum absolute atomic E-state index is 0.0804. The number of fused-ring (bicyclic) bond motifs is 1. The Hall–Kier alpha value is -3.53. The third kappa shape index (κ3) is 4.80. The van der Waals surface area contributed by atoms with E-state index in [4.69, 9.17) is 11.6 Å². The van der Waals surface area contributed by atoms with Crippen LogP contribution < -0.4 is 16.0 Å². The van der Waals surface area contributed by atoms with E-state index in [0.717, 1.165) is 0 Å². The van der Waals surface area contributed by atoms with E-state index in [-0.39, 0.29) is 23.2 Å². The van der Waals surface area contributed by atoms with Crippen LogP contribution in [-0.2, 0) is 4.79 Å². The number of hydrogen-bond donors (Lipinski definition) is 3.